The minimum Gasteiger partial charge on any atom is -0.324 e. The first-order chi connectivity index (χ1) is 11.1. The molecule has 2 aromatic rings. The average molecular weight is 330 g/mol. The molecule has 0 unspecified atom stereocenters. The molecule has 2 amide bonds. The van der Waals surface area contributed by atoms with Crippen LogP contribution in [-0.4, -0.2) is 47.9 Å². The Hall–Kier alpha value is -1.79. The molecule has 0 spiro atoms. The van der Waals surface area contributed by atoms with Crippen molar-refractivity contribution >= 4 is 33.4 Å². The Balaban J connectivity index is 1.45. The van der Waals surface area contributed by atoms with Crippen LogP contribution in [0.25, 0.3) is 10.2 Å². The van der Waals surface area contributed by atoms with E-state index in [1.807, 2.05) is 6.07 Å². The highest BCUT2D eigenvalue weighted by Gasteiger charge is 2.44. The maximum atomic E-state index is 12.2. The number of para-hydroxylation sites is 1. The number of likely N-dealkylation sites (N-methyl/N-ethyl adjacent to an activating group) is 1. The van der Waals surface area contributed by atoms with Gasteiger partial charge in [0.2, 0.25) is 5.91 Å². The number of benzene rings is 1. The summed E-state index contributed by atoms with van der Waals surface area (Å²) < 4.78 is 1.25. The van der Waals surface area contributed by atoms with Gasteiger partial charge in [-0.2, -0.15) is 0 Å². The third-order valence-corrected chi connectivity index (χ3v) is 6.36. The Labute approximate surface area is 138 Å². The van der Waals surface area contributed by atoms with Gasteiger partial charge in [-0.1, -0.05) is 12.1 Å². The Morgan fingerprint density at radius 1 is 1.22 bits per heavy atom. The SMILES string of the molecule is CN1C(=O)C[C@@H]([NH+]2CCC(c3nc4ccccc4s3)CC2)C1=O. The molecule has 2 fully saturated rings. The number of hydrogen-bond donors (Lipinski definition) is 1. The molecule has 0 saturated carbocycles. The van der Waals surface area contributed by atoms with E-state index in [0.29, 0.717) is 12.3 Å². The van der Waals surface area contributed by atoms with Gasteiger partial charge < -0.3 is 4.90 Å². The van der Waals surface area contributed by atoms with E-state index < -0.39 is 0 Å². The van der Waals surface area contributed by atoms with Gasteiger partial charge in [0.15, 0.2) is 6.04 Å². The number of piperidine rings is 1. The molecule has 1 N–H and O–H groups in total. The molecule has 0 aliphatic carbocycles. The van der Waals surface area contributed by atoms with Crippen LogP contribution in [0.1, 0.15) is 30.2 Å². The lowest BCUT2D eigenvalue weighted by molar-refractivity contribution is -0.920. The lowest BCUT2D eigenvalue weighted by atomic mass is 9.96. The van der Waals surface area contributed by atoms with E-state index >= 15 is 0 Å². The number of carbonyl (C=O) groups is 2. The molecule has 3 heterocycles. The summed E-state index contributed by atoms with van der Waals surface area (Å²) in [5, 5.41) is 1.22. The fraction of sp³-hybridized carbons (Fsp3) is 0.471. The number of rotatable bonds is 2. The minimum absolute atomic E-state index is 0.0107. The standard InChI is InChI=1S/C17H19N3O2S/c1-19-15(21)10-13(17(19)22)20-8-6-11(7-9-20)16-18-12-4-2-3-5-14(12)23-16/h2-5,11,13H,6-10H2,1H3/p+1/t13-/m1/s1. The predicted molar refractivity (Wildman–Crippen MR) is 88.5 cm³/mol. The van der Waals surface area contributed by atoms with Crippen LogP contribution in [0.2, 0.25) is 0 Å². The van der Waals surface area contributed by atoms with Crippen LogP contribution in [-0.2, 0) is 9.59 Å². The van der Waals surface area contributed by atoms with Gasteiger partial charge in [0.05, 0.1) is 34.7 Å². The molecule has 2 aliphatic rings. The molecule has 2 saturated heterocycles. The van der Waals surface area contributed by atoms with Crippen molar-refractivity contribution in [1.82, 2.24) is 9.88 Å². The summed E-state index contributed by atoms with van der Waals surface area (Å²) in [6.45, 7) is 1.89. The van der Waals surface area contributed by atoms with Crippen LogP contribution in [0.15, 0.2) is 24.3 Å². The average Bonchev–Trinajstić information content (AvgIpc) is 3.12. The van der Waals surface area contributed by atoms with E-state index in [-0.39, 0.29) is 17.9 Å². The van der Waals surface area contributed by atoms with Crippen LogP contribution in [0, 0.1) is 0 Å². The lowest BCUT2D eigenvalue weighted by Gasteiger charge is -2.31. The summed E-state index contributed by atoms with van der Waals surface area (Å²) in [6.07, 6.45) is 2.45. The summed E-state index contributed by atoms with van der Waals surface area (Å²) in [6, 6.07) is 8.10. The molecule has 120 valence electrons. The molecule has 1 atom stereocenters. The van der Waals surface area contributed by atoms with Gasteiger partial charge in [0.25, 0.3) is 5.91 Å². The zero-order valence-corrected chi connectivity index (χ0v) is 13.9. The second kappa shape index (κ2) is 5.69. The quantitative estimate of drug-likeness (QED) is 0.830. The molecule has 0 radical (unpaired) electrons. The third kappa shape index (κ3) is 2.56. The first kappa shape index (κ1) is 14.8. The molecule has 6 heteroatoms. The molecule has 5 nitrogen and oxygen atoms in total. The molecular formula is C17H20N3O2S+. The topological polar surface area (TPSA) is 54.7 Å². The maximum Gasteiger partial charge on any atom is 0.287 e. The van der Waals surface area contributed by atoms with E-state index in [2.05, 4.69) is 18.2 Å². The van der Waals surface area contributed by atoms with Crippen molar-refractivity contribution in [2.75, 3.05) is 20.1 Å². The molecular weight excluding hydrogens is 310 g/mol. The molecule has 23 heavy (non-hydrogen) atoms. The van der Waals surface area contributed by atoms with Crippen molar-refractivity contribution in [3.8, 4) is 0 Å². The number of quaternary nitrogens is 1. The van der Waals surface area contributed by atoms with Crippen molar-refractivity contribution < 1.29 is 14.5 Å². The third-order valence-electron chi connectivity index (χ3n) is 5.16. The molecule has 2 aliphatic heterocycles. The molecule has 1 aromatic carbocycles. The Morgan fingerprint density at radius 3 is 2.61 bits per heavy atom. The van der Waals surface area contributed by atoms with Crippen LogP contribution in [0.5, 0.6) is 0 Å². The fourth-order valence-corrected chi connectivity index (χ4v) is 4.86. The number of likely N-dealkylation sites (tertiary alicyclic amines) is 2. The van der Waals surface area contributed by atoms with Gasteiger partial charge in [-0.15, -0.1) is 11.3 Å². The summed E-state index contributed by atoms with van der Waals surface area (Å²) in [7, 11) is 1.60. The lowest BCUT2D eigenvalue weighted by Crippen LogP contribution is -3.17. The summed E-state index contributed by atoms with van der Waals surface area (Å²) in [5.74, 6) is 0.435. The first-order valence-electron chi connectivity index (χ1n) is 8.14. The van der Waals surface area contributed by atoms with Crippen molar-refractivity contribution in [3.05, 3.63) is 29.3 Å². The highest BCUT2D eigenvalue weighted by Crippen LogP contribution is 2.31. The van der Waals surface area contributed by atoms with Crippen LogP contribution in [0.4, 0.5) is 0 Å². The number of amides is 2. The summed E-state index contributed by atoms with van der Waals surface area (Å²) >= 11 is 1.79. The van der Waals surface area contributed by atoms with Crippen LogP contribution in [0.3, 0.4) is 0 Å². The highest BCUT2D eigenvalue weighted by atomic mass is 32.1. The largest absolute Gasteiger partial charge is 0.324 e. The van der Waals surface area contributed by atoms with Gasteiger partial charge >= 0.3 is 0 Å². The fourth-order valence-electron chi connectivity index (χ4n) is 3.72. The number of imide groups is 1. The van der Waals surface area contributed by atoms with Gasteiger partial charge in [0, 0.05) is 25.8 Å². The van der Waals surface area contributed by atoms with Crippen LogP contribution >= 0.6 is 11.3 Å². The number of nitrogens with zero attached hydrogens (tertiary/aromatic N) is 2. The minimum atomic E-state index is -0.163. The Bertz CT molecular complexity index is 731. The number of carbonyl (C=O) groups excluding carboxylic acids is 2. The zero-order chi connectivity index (χ0) is 16.0. The summed E-state index contributed by atoms with van der Waals surface area (Å²) in [5.41, 5.74) is 1.08. The van der Waals surface area contributed by atoms with Crippen LogP contribution < -0.4 is 4.90 Å². The number of aromatic nitrogens is 1. The molecule has 4 rings (SSSR count). The van der Waals surface area contributed by atoms with Crippen molar-refractivity contribution in [1.29, 1.82) is 0 Å². The number of hydrogen-bond acceptors (Lipinski definition) is 4. The van der Waals surface area contributed by atoms with Gasteiger partial charge in [-0.3, -0.25) is 14.5 Å². The van der Waals surface area contributed by atoms with E-state index in [0.717, 1.165) is 31.4 Å². The van der Waals surface area contributed by atoms with Crippen molar-refractivity contribution in [2.24, 2.45) is 0 Å². The number of thiazole rings is 1. The molecule has 0 bridgehead atoms. The Morgan fingerprint density at radius 2 is 1.96 bits per heavy atom. The number of fused-ring (bicyclic) bond motifs is 1. The number of nitrogens with one attached hydrogen (secondary N) is 1. The van der Waals surface area contributed by atoms with Gasteiger partial charge in [0.1, 0.15) is 0 Å². The van der Waals surface area contributed by atoms with E-state index in [4.69, 9.17) is 4.98 Å². The van der Waals surface area contributed by atoms with E-state index in [9.17, 15) is 9.59 Å². The van der Waals surface area contributed by atoms with Gasteiger partial charge in [-0.05, 0) is 12.1 Å². The maximum absolute atomic E-state index is 12.2. The van der Waals surface area contributed by atoms with Crippen molar-refractivity contribution in [3.63, 3.8) is 0 Å². The smallest absolute Gasteiger partial charge is 0.287 e. The van der Waals surface area contributed by atoms with Crippen molar-refractivity contribution in [2.45, 2.75) is 31.2 Å². The predicted octanol–water partition coefficient (Wildman–Crippen LogP) is 0.816. The monoisotopic (exact) mass is 330 g/mol. The van der Waals surface area contributed by atoms with E-state index in [1.54, 1.807) is 18.4 Å². The second-order valence-corrected chi connectivity index (χ2v) is 7.56. The van der Waals surface area contributed by atoms with E-state index in [1.165, 1.54) is 19.5 Å². The molecule has 1 aromatic heterocycles. The zero-order valence-electron chi connectivity index (χ0n) is 13.1. The summed E-state index contributed by atoms with van der Waals surface area (Å²) in [4.78, 5) is 31.2. The second-order valence-electron chi connectivity index (χ2n) is 6.50. The highest BCUT2D eigenvalue weighted by molar-refractivity contribution is 7.18. The Kier molecular flexibility index (Phi) is 3.66. The first-order valence-corrected chi connectivity index (χ1v) is 8.95. The van der Waals surface area contributed by atoms with Gasteiger partial charge in [-0.25, -0.2) is 4.98 Å². The normalized spacial score (nSPS) is 28.7.